The Kier molecular flexibility index (Phi) is 4.06. The molecule has 0 radical (unpaired) electrons. The molecule has 1 rings (SSSR count). The minimum absolute atomic E-state index is 0.115. The maximum Gasteiger partial charge on any atom is 0.414 e. The van der Waals surface area contributed by atoms with Crippen molar-refractivity contribution >= 4 is 5.91 Å². The molecule has 94 valence electrons. The maximum absolute atomic E-state index is 13.1. The summed E-state index contributed by atoms with van der Waals surface area (Å²) in [7, 11) is 0. The second-order valence-corrected chi connectivity index (χ2v) is 3.30. The molecular formula is C10H9F4NO2. The fraction of sp³-hybridized carbons (Fsp3) is 0.300. The second kappa shape index (κ2) is 5.13. The van der Waals surface area contributed by atoms with Crippen LogP contribution in [0.5, 0.6) is 0 Å². The van der Waals surface area contributed by atoms with E-state index in [0.717, 1.165) is 6.07 Å². The van der Waals surface area contributed by atoms with Gasteiger partial charge in [0.15, 0.2) is 6.61 Å². The molecule has 0 unspecified atom stereocenters. The summed E-state index contributed by atoms with van der Waals surface area (Å²) in [5.74, 6) is -1.55. The number of alkyl halides is 3. The molecular weight excluding hydrogens is 242 g/mol. The number of rotatable bonds is 3. The van der Waals surface area contributed by atoms with Gasteiger partial charge >= 0.3 is 6.18 Å². The van der Waals surface area contributed by atoms with E-state index in [0.29, 0.717) is 5.56 Å². The summed E-state index contributed by atoms with van der Waals surface area (Å²) in [5.41, 5.74) is 1.79. The lowest BCUT2D eigenvalue weighted by Gasteiger charge is -2.08. The average molecular weight is 251 g/mol. The number of amides is 1. The van der Waals surface area contributed by atoms with Gasteiger partial charge in [0.2, 0.25) is 0 Å². The highest BCUT2D eigenvalue weighted by Gasteiger charge is 2.28. The molecule has 1 aromatic rings. The number of hydrogen-bond acceptors (Lipinski definition) is 2. The van der Waals surface area contributed by atoms with Gasteiger partial charge in [0.05, 0.1) is 0 Å². The van der Waals surface area contributed by atoms with Crippen molar-refractivity contribution in [2.24, 2.45) is 0 Å². The maximum atomic E-state index is 13.1. The Balaban J connectivity index is 2.56. The molecule has 3 nitrogen and oxygen atoms in total. The monoisotopic (exact) mass is 251 g/mol. The minimum atomic E-state index is -4.54. The summed E-state index contributed by atoms with van der Waals surface area (Å²) in [6.45, 7) is -0.107. The standard InChI is InChI=1S/C10H9F4NO2/c1-6-2-3-7(4-8(6)11)9(16)15-17-5-10(12,13)14/h2-4H,5H2,1H3,(H,15,16). The van der Waals surface area contributed by atoms with Crippen molar-refractivity contribution in [1.29, 1.82) is 0 Å². The predicted octanol–water partition coefficient (Wildman–Crippen LogP) is 2.36. The van der Waals surface area contributed by atoms with Crippen molar-refractivity contribution in [3.05, 3.63) is 35.1 Å². The number of carbonyl (C=O) groups is 1. The Morgan fingerprint density at radius 1 is 1.41 bits per heavy atom. The Bertz CT molecular complexity index is 417. The Labute approximate surface area is 94.3 Å². The van der Waals surface area contributed by atoms with Crippen LogP contribution in [0.25, 0.3) is 0 Å². The number of hydrogen-bond donors (Lipinski definition) is 1. The highest BCUT2D eigenvalue weighted by Crippen LogP contribution is 2.14. The van der Waals surface area contributed by atoms with Crippen molar-refractivity contribution in [2.75, 3.05) is 6.61 Å². The molecule has 0 atom stereocenters. The van der Waals surface area contributed by atoms with Crippen LogP contribution in [-0.4, -0.2) is 18.7 Å². The van der Waals surface area contributed by atoms with Crippen LogP contribution in [0.1, 0.15) is 15.9 Å². The molecule has 7 heteroatoms. The molecule has 0 saturated carbocycles. The van der Waals surface area contributed by atoms with Crippen molar-refractivity contribution < 1.29 is 27.2 Å². The van der Waals surface area contributed by atoms with E-state index in [4.69, 9.17) is 0 Å². The fourth-order valence-electron chi connectivity index (χ4n) is 0.976. The van der Waals surface area contributed by atoms with Gasteiger partial charge < -0.3 is 0 Å². The van der Waals surface area contributed by atoms with Crippen molar-refractivity contribution in [3.8, 4) is 0 Å². The summed E-state index contributed by atoms with van der Waals surface area (Å²) < 4.78 is 48.1. The molecule has 1 amide bonds. The van der Waals surface area contributed by atoms with Gasteiger partial charge in [0.25, 0.3) is 5.91 Å². The summed E-state index contributed by atoms with van der Waals surface area (Å²) >= 11 is 0. The first kappa shape index (κ1) is 13.4. The van der Waals surface area contributed by atoms with Crippen LogP contribution in [0.4, 0.5) is 17.6 Å². The fourth-order valence-corrected chi connectivity index (χ4v) is 0.976. The van der Waals surface area contributed by atoms with E-state index in [9.17, 15) is 22.4 Å². The third-order valence-corrected chi connectivity index (χ3v) is 1.83. The molecule has 0 bridgehead atoms. The molecule has 0 aromatic heterocycles. The van der Waals surface area contributed by atoms with E-state index in [1.54, 1.807) is 5.48 Å². The third kappa shape index (κ3) is 4.39. The molecule has 0 fully saturated rings. The van der Waals surface area contributed by atoms with Gasteiger partial charge in [0, 0.05) is 5.56 Å². The molecule has 0 aliphatic rings. The molecule has 0 aliphatic carbocycles. The lowest BCUT2D eigenvalue weighted by Crippen LogP contribution is -2.29. The van der Waals surface area contributed by atoms with Gasteiger partial charge in [-0.2, -0.15) is 13.2 Å². The topological polar surface area (TPSA) is 38.3 Å². The first-order valence-electron chi connectivity index (χ1n) is 4.54. The normalized spacial score (nSPS) is 11.4. The Morgan fingerprint density at radius 3 is 2.59 bits per heavy atom. The van der Waals surface area contributed by atoms with E-state index in [1.807, 2.05) is 0 Å². The molecule has 17 heavy (non-hydrogen) atoms. The summed E-state index contributed by atoms with van der Waals surface area (Å²) in [6.07, 6.45) is -4.54. The lowest BCUT2D eigenvalue weighted by atomic mass is 10.1. The zero-order valence-corrected chi connectivity index (χ0v) is 8.77. The molecule has 0 spiro atoms. The third-order valence-electron chi connectivity index (χ3n) is 1.83. The van der Waals surface area contributed by atoms with Crippen LogP contribution in [0.3, 0.4) is 0 Å². The Morgan fingerprint density at radius 2 is 2.06 bits per heavy atom. The van der Waals surface area contributed by atoms with E-state index in [1.165, 1.54) is 19.1 Å². The first-order chi connectivity index (χ1) is 7.79. The number of hydroxylamine groups is 1. The van der Waals surface area contributed by atoms with Gasteiger partial charge in [-0.3, -0.25) is 9.63 Å². The lowest BCUT2D eigenvalue weighted by molar-refractivity contribution is -0.184. The van der Waals surface area contributed by atoms with Crippen LogP contribution in [0, 0.1) is 12.7 Å². The summed E-state index contributed by atoms with van der Waals surface area (Å²) in [6, 6.07) is 3.54. The van der Waals surface area contributed by atoms with Crippen LogP contribution < -0.4 is 5.48 Å². The van der Waals surface area contributed by atoms with Crippen LogP contribution >= 0.6 is 0 Å². The summed E-state index contributed by atoms with van der Waals surface area (Å²) in [4.78, 5) is 15.2. The van der Waals surface area contributed by atoms with Gasteiger partial charge in [-0.25, -0.2) is 9.87 Å². The quantitative estimate of drug-likeness (QED) is 0.661. The first-order valence-corrected chi connectivity index (χ1v) is 4.54. The molecule has 0 aliphatic heterocycles. The molecule has 0 heterocycles. The van der Waals surface area contributed by atoms with Gasteiger partial charge in [-0.05, 0) is 24.6 Å². The zero-order valence-electron chi connectivity index (χ0n) is 8.77. The SMILES string of the molecule is Cc1ccc(C(=O)NOCC(F)(F)F)cc1F. The molecule has 1 N–H and O–H groups in total. The number of nitrogens with one attached hydrogen (secondary N) is 1. The number of aryl methyl sites for hydroxylation is 1. The van der Waals surface area contributed by atoms with E-state index in [2.05, 4.69) is 4.84 Å². The van der Waals surface area contributed by atoms with Crippen molar-refractivity contribution in [1.82, 2.24) is 5.48 Å². The smallest absolute Gasteiger partial charge is 0.267 e. The highest BCUT2D eigenvalue weighted by molar-refractivity contribution is 5.93. The highest BCUT2D eigenvalue weighted by atomic mass is 19.4. The van der Waals surface area contributed by atoms with Crippen LogP contribution in [0.15, 0.2) is 18.2 Å². The van der Waals surface area contributed by atoms with E-state index < -0.39 is 24.5 Å². The summed E-state index contributed by atoms with van der Waals surface area (Å²) in [5, 5.41) is 0. The van der Waals surface area contributed by atoms with Gasteiger partial charge in [-0.1, -0.05) is 6.07 Å². The van der Waals surface area contributed by atoms with Crippen LogP contribution in [-0.2, 0) is 4.84 Å². The molecule has 0 saturated heterocycles. The number of benzene rings is 1. The van der Waals surface area contributed by atoms with Crippen molar-refractivity contribution in [3.63, 3.8) is 0 Å². The van der Waals surface area contributed by atoms with E-state index in [-0.39, 0.29) is 5.56 Å². The average Bonchev–Trinajstić information content (AvgIpc) is 2.20. The number of carbonyl (C=O) groups excluding carboxylic acids is 1. The molecule has 1 aromatic carbocycles. The van der Waals surface area contributed by atoms with Gasteiger partial charge in [0.1, 0.15) is 5.82 Å². The zero-order chi connectivity index (χ0) is 13.1. The second-order valence-electron chi connectivity index (χ2n) is 3.30. The van der Waals surface area contributed by atoms with Crippen molar-refractivity contribution in [2.45, 2.75) is 13.1 Å². The van der Waals surface area contributed by atoms with E-state index >= 15 is 0 Å². The predicted molar refractivity (Wildman–Crippen MR) is 50.6 cm³/mol. The largest absolute Gasteiger partial charge is 0.414 e. The minimum Gasteiger partial charge on any atom is -0.267 e. The number of halogens is 4. The van der Waals surface area contributed by atoms with Crippen LogP contribution in [0.2, 0.25) is 0 Å². The Hall–Kier alpha value is -1.63. The van der Waals surface area contributed by atoms with Gasteiger partial charge in [-0.15, -0.1) is 0 Å².